The fourth-order valence-electron chi connectivity index (χ4n) is 2.27. The molecule has 2 aromatic carbocycles. The van der Waals surface area contributed by atoms with Crippen LogP contribution in [0.5, 0.6) is 5.75 Å². The Morgan fingerprint density at radius 1 is 1.20 bits per heavy atom. The summed E-state index contributed by atoms with van der Waals surface area (Å²) in [5.41, 5.74) is 4.19. The number of aryl methyl sites for hydroxylation is 1. The summed E-state index contributed by atoms with van der Waals surface area (Å²) in [5, 5.41) is 13.4. The quantitative estimate of drug-likeness (QED) is 0.863. The molecular formula is C17H21NO2. The molecule has 0 aromatic heterocycles. The number of benzene rings is 2. The Kier molecular flexibility index (Phi) is 4.64. The van der Waals surface area contributed by atoms with Crippen LogP contribution in [0.3, 0.4) is 0 Å². The lowest BCUT2D eigenvalue weighted by atomic mass is 10.0. The average molecular weight is 271 g/mol. The fraction of sp³-hybridized carbons (Fsp3) is 0.294. The lowest BCUT2D eigenvalue weighted by molar-refractivity contribution is 0.185. The highest BCUT2D eigenvalue weighted by Crippen LogP contribution is 2.28. The lowest BCUT2D eigenvalue weighted by Crippen LogP contribution is -2.07. The van der Waals surface area contributed by atoms with Crippen LogP contribution in [0.25, 0.3) is 0 Å². The second-order valence-corrected chi connectivity index (χ2v) is 5.06. The predicted octanol–water partition coefficient (Wildman–Crippen LogP) is 4.02. The van der Waals surface area contributed by atoms with Gasteiger partial charge in [-0.05, 0) is 37.6 Å². The van der Waals surface area contributed by atoms with E-state index < -0.39 is 0 Å². The Hall–Kier alpha value is -2.00. The van der Waals surface area contributed by atoms with Crippen LogP contribution in [0.1, 0.15) is 29.7 Å². The van der Waals surface area contributed by atoms with Crippen molar-refractivity contribution >= 4 is 5.69 Å². The Morgan fingerprint density at radius 2 is 2.00 bits per heavy atom. The van der Waals surface area contributed by atoms with Gasteiger partial charge in [0.2, 0.25) is 0 Å². The van der Waals surface area contributed by atoms with Crippen molar-refractivity contribution in [3.63, 3.8) is 0 Å². The molecule has 0 radical (unpaired) electrons. The molecule has 1 atom stereocenters. The number of methoxy groups -OCH3 is 1. The normalized spacial score (nSPS) is 12.2. The van der Waals surface area contributed by atoms with Gasteiger partial charge in [-0.3, -0.25) is 0 Å². The van der Waals surface area contributed by atoms with E-state index in [1.807, 2.05) is 44.2 Å². The summed E-state index contributed by atoms with van der Waals surface area (Å²) in [4.78, 5) is 0. The molecule has 0 spiro atoms. The van der Waals surface area contributed by atoms with Crippen LogP contribution in [-0.4, -0.2) is 12.2 Å². The number of phenols is 1. The summed E-state index contributed by atoms with van der Waals surface area (Å²) in [6, 6.07) is 13.8. The number of aromatic hydroxyl groups is 1. The van der Waals surface area contributed by atoms with Crippen molar-refractivity contribution in [1.29, 1.82) is 0 Å². The molecule has 2 rings (SSSR count). The van der Waals surface area contributed by atoms with Gasteiger partial charge >= 0.3 is 0 Å². The SMILES string of the molecule is COCc1cccc(NC(C)c2cc(C)ccc2O)c1. The fourth-order valence-corrected chi connectivity index (χ4v) is 2.27. The third kappa shape index (κ3) is 3.52. The maximum atomic E-state index is 9.96. The van der Waals surface area contributed by atoms with Gasteiger partial charge in [-0.2, -0.15) is 0 Å². The zero-order chi connectivity index (χ0) is 14.5. The van der Waals surface area contributed by atoms with Gasteiger partial charge in [0, 0.05) is 18.4 Å². The molecule has 0 bridgehead atoms. The highest BCUT2D eigenvalue weighted by Gasteiger charge is 2.10. The molecule has 20 heavy (non-hydrogen) atoms. The summed E-state index contributed by atoms with van der Waals surface area (Å²) in [7, 11) is 1.69. The molecule has 0 aliphatic heterocycles. The molecule has 3 nitrogen and oxygen atoms in total. The Balaban J connectivity index is 2.16. The van der Waals surface area contributed by atoms with Gasteiger partial charge in [-0.1, -0.05) is 29.8 Å². The standard InChI is InChI=1S/C17H21NO2/c1-12-7-8-17(19)16(9-12)13(2)18-15-6-4-5-14(10-15)11-20-3/h4-10,13,18-19H,11H2,1-3H3. The summed E-state index contributed by atoms with van der Waals surface area (Å²) in [5.74, 6) is 0.323. The first kappa shape index (κ1) is 14.4. The van der Waals surface area contributed by atoms with Gasteiger partial charge in [0.1, 0.15) is 5.75 Å². The Bertz CT molecular complexity index is 581. The molecule has 2 aromatic rings. The van der Waals surface area contributed by atoms with E-state index in [0.717, 1.165) is 22.4 Å². The minimum atomic E-state index is 0.0349. The van der Waals surface area contributed by atoms with E-state index in [1.54, 1.807) is 13.2 Å². The number of hydrogen-bond donors (Lipinski definition) is 2. The van der Waals surface area contributed by atoms with Crippen molar-refractivity contribution in [1.82, 2.24) is 0 Å². The second kappa shape index (κ2) is 6.44. The van der Waals surface area contributed by atoms with Gasteiger partial charge in [-0.25, -0.2) is 0 Å². The first-order valence-corrected chi connectivity index (χ1v) is 6.74. The molecule has 0 heterocycles. The highest BCUT2D eigenvalue weighted by molar-refractivity contribution is 5.49. The maximum Gasteiger partial charge on any atom is 0.120 e. The van der Waals surface area contributed by atoms with E-state index in [1.165, 1.54) is 0 Å². The maximum absolute atomic E-state index is 9.96. The molecule has 0 saturated carbocycles. The monoisotopic (exact) mass is 271 g/mol. The Labute approximate surface area is 120 Å². The molecule has 0 aliphatic rings. The van der Waals surface area contributed by atoms with Crippen molar-refractivity contribution in [3.05, 3.63) is 59.2 Å². The minimum Gasteiger partial charge on any atom is -0.508 e. The third-order valence-electron chi connectivity index (χ3n) is 3.27. The smallest absolute Gasteiger partial charge is 0.120 e. The number of anilines is 1. The van der Waals surface area contributed by atoms with Crippen LogP contribution >= 0.6 is 0 Å². The van der Waals surface area contributed by atoms with E-state index >= 15 is 0 Å². The van der Waals surface area contributed by atoms with Crippen molar-refractivity contribution in [2.24, 2.45) is 0 Å². The molecule has 0 saturated heterocycles. The molecular weight excluding hydrogens is 250 g/mol. The van der Waals surface area contributed by atoms with Gasteiger partial charge in [0.05, 0.1) is 12.6 Å². The first-order valence-electron chi connectivity index (χ1n) is 6.74. The van der Waals surface area contributed by atoms with Crippen LogP contribution in [0.4, 0.5) is 5.69 Å². The molecule has 0 aliphatic carbocycles. The molecule has 3 heteroatoms. The van der Waals surface area contributed by atoms with E-state index in [2.05, 4.69) is 11.4 Å². The minimum absolute atomic E-state index is 0.0349. The predicted molar refractivity (Wildman–Crippen MR) is 82.0 cm³/mol. The molecule has 106 valence electrons. The number of rotatable bonds is 5. The zero-order valence-corrected chi connectivity index (χ0v) is 12.2. The summed E-state index contributed by atoms with van der Waals surface area (Å²) in [6.07, 6.45) is 0. The van der Waals surface area contributed by atoms with E-state index in [0.29, 0.717) is 12.4 Å². The van der Waals surface area contributed by atoms with Crippen LogP contribution < -0.4 is 5.32 Å². The molecule has 0 amide bonds. The second-order valence-electron chi connectivity index (χ2n) is 5.06. The number of ether oxygens (including phenoxy) is 1. The summed E-state index contributed by atoms with van der Waals surface area (Å²) >= 11 is 0. The van der Waals surface area contributed by atoms with Gasteiger partial charge in [0.25, 0.3) is 0 Å². The van der Waals surface area contributed by atoms with Crippen LogP contribution in [-0.2, 0) is 11.3 Å². The molecule has 1 unspecified atom stereocenters. The van der Waals surface area contributed by atoms with Crippen LogP contribution in [0.15, 0.2) is 42.5 Å². The molecule has 2 N–H and O–H groups in total. The first-order chi connectivity index (χ1) is 9.60. The van der Waals surface area contributed by atoms with Crippen molar-refractivity contribution in [3.8, 4) is 5.75 Å². The number of phenolic OH excluding ortho intramolecular Hbond substituents is 1. The average Bonchev–Trinajstić information content (AvgIpc) is 2.42. The van der Waals surface area contributed by atoms with Crippen molar-refractivity contribution in [2.75, 3.05) is 12.4 Å². The summed E-state index contributed by atoms with van der Waals surface area (Å²) < 4.78 is 5.14. The zero-order valence-electron chi connectivity index (χ0n) is 12.2. The van der Waals surface area contributed by atoms with Gasteiger partial charge in [0.15, 0.2) is 0 Å². The van der Waals surface area contributed by atoms with E-state index in [9.17, 15) is 5.11 Å². The largest absolute Gasteiger partial charge is 0.508 e. The highest BCUT2D eigenvalue weighted by atomic mass is 16.5. The number of nitrogens with one attached hydrogen (secondary N) is 1. The van der Waals surface area contributed by atoms with E-state index in [-0.39, 0.29) is 6.04 Å². The van der Waals surface area contributed by atoms with Crippen molar-refractivity contribution in [2.45, 2.75) is 26.5 Å². The van der Waals surface area contributed by atoms with Gasteiger partial charge < -0.3 is 15.2 Å². The van der Waals surface area contributed by atoms with E-state index in [4.69, 9.17) is 4.74 Å². The number of hydrogen-bond acceptors (Lipinski definition) is 3. The van der Waals surface area contributed by atoms with Gasteiger partial charge in [-0.15, -0.1) is 0 Å². The summed E-state index contributed by atoms with van der Waals surface area (Å²) in [6.45, 7) is 4.66. The Morgan fingerprint density at radius 3 is 2.75 bits per heavy atom. The lowest BCUT2D eigenvalue weighted by Gasteiger charge is -2.18. The molecule has 0 fully saturated rings. The third-order valence-corrected chi connectivity index (χ3v) is 3.27. The van der Waals surface area contributed by atoms with Crippen LogP contribution in [0.2, 0.25) is 0 Å². The van der Waals surface area contributed by atoms with Crippen LogP contribution in [0, 0.1) is 6.92 Å². The topological polar surface area (TPSA) is 41.5 Å². The van der Waals surface area contributed by atoms with Crippen molar-refractivity contribution < 1.29 is 9.84 Å².